The van der Waals surface area contributed by atoms with Gasteiger partial charge in [0.05, 0.1) is 21.3 Å². The molecule has 7 nitrogen and oxygen atoms in total. The Morgan fingerprint density at radius 2 is 2.04 bits per heavy atom. The van der Waals surface area contributed by atoms with Gasteiger partial charge in [-0.2, -0.15) is 0 Å². The maximum absolute atomic E-state index is 12.3. The lowest BCUT2D eigenvalue weighted by Crippen LogP contribution is -2.35. The molecule has 0 aromatic heterocycles. The molecule has 1 aliphatic heterocycles. The maximum atomic E-state index is 12.3. The predicted molar refractivity (Wildman–Crippen MR) is 87.0 cm³/mol. The van der Waals surface area contributed by atoms with Crippen LogP contribution in [0.3, 0.4) is 0 Å². The summed E-state index contributed by atoms with van der Waals surface area (Å²) in [5.74, 6) is 0.227. The first-order valence-electron chi connectivity index (χ1n) is 6.63. The average Bonchev–Trinajstić information content (AvgIpc) is 2.82. The molecule has 23 heavy (non-hydrogen) atoms. The average molecular weight is 336 g/mol. The van der Waals surface area contributed by atoms with Gasteiger partial charge in [0.2, 0.25) is 0 Å². The Labute approximate surface area is 138 Å². The van der Waals surface area contributed by atoms with Crippen molar-refractivity contribution in [3.8, 4) is 11.5 Å². The molecular formula is C15H16N2O5S. The molecule has 0 unspecified atom stereocenters. The standard InChI is InChI=1S/C15H16N2O5S/c1-20-10-5-4-9(12(7-10)21-2)6-11-14(19)17(15(23)16-11)8-13(18)22-3/h4-7H,8H2,1-3H3,(H,16,23)/b11-6-. The maximum Gasteiger partial charge on any atom is 0.325 e. The number of hydrogen-bond acceptors (Lipinski definition) is 6. The van der Waals surface area contributed by atoms with E-state index >= 15 is 0 Å². The number of thiocarbonyl (C=S) groups is 1. The summed E-state index contributed by atoms with van der Waals surface area (Å²) < 4.78 is 15.0. The van der Waals surface area contributed by atoms with Gasteiger partial charge in [0, 0.05) is 11.6 Å². The molecule has 1 aliphatic rings. The summed E-state index contributed by atoms with van der Waals surface area (Å²) in [6.45, 7) is -0.238. The Bertz CT molecular complexity index is 686. The van der Waals surface area contributed by atoms with E-state index in [1.165, 1.54) is 14.2 Å². The number of ether oxygens (including phenoxy) is 3. The predicted octanol–water partition coefficient (Wildman–Crippen LogP) is 0.934. The summed E-state index contributed by atoms with van der Waals surface area (Å²) in [6.07, 6.45) is 1.60. The Hall–Kier alpha value is -2.61. The van der Waals surface area contributed by atoms with Crippen molar-refractivity contribution in [2.45, 2.75) is 0 Å². The van der Waals surface area contributed by atoms with Gasteiger partial charge in [-0.05, 0) is 30.4 Å². The quantitative estimate of drug-likeness (QED) is 0.487. The third-order valence-corrected chi connectivity index (χ3v) is 3.54. The smallest absolute Gasteiger partial charge is 0.325 e. The minimum absolute atomic E-state index is 0.152. The zero-order valence-electron chi connectivity index (χ0n) is 12.9. The SMILES string of the molecule is COC(=O)CN1C(=O)/C(=C/c2ccc(OC)cc2OC)NC1=S. The topological polar surface area (TPSA) is 77.1 Å². The number of hydrogen-bond donors (Lipinski definition) is 1. The van der Waals surface area contributed by atoms with Gasteiger partial charge in [0.1, 0.15) is 23.7 Å². The second-order valence-corrected chi connectivity index (χ2v) is 4.95. The van der Waals surface area contributed by atoms with Crippen LogP contribution in [0.25, 0.3) is 6.08 Å². The van der Waals surface area contributed by atoms with Gasteiger partial charge < -0.3 is 19.5 Å². The van der Waals surface area contributed by atoms with E-state index in [0.717, 1.165) is 4.90 Å². The van der Waals surface area contributed by atoms with Crippen LogP contribution in [0.5, 0.6) is 11.5 Å². The fourth-order valence-electron chi connectivity index (χ4n) is 2.00. The number of rotatable bonds is 5. The molecule has 8 heteroatoms. The van der Waals surface area contributed by atoms with Gasteiger partial charge in [-0.3, -0.25) is 14.5 Å². The van der Waals surface area contributed by atoms with Crippen LogP contribution in [0.1, 0.15) is 5.56 Å². The monoisotopic (exact) mass is 336 g/mol. The number of nitrogens with zero attached hydrogens (tertiary/aromatic N) is 1. The van der Waals surface area contributed by atoms with Crippen molar-refractivity contribution >= 4 is 35.3 Å². The summed E-state index contributed by atoms with van der Waals surface area (Å²) in [4.78, 5) is 24.8. The molecule has 0 aliphatic carbocycles. The Morgan fingerprint density at radius 1 is 1.30 bits per heavy atom. The molecule has 1 heterocycles. The van der Waals surface area contributed by atoms with Crippen molar-refractivity contribution in [3.05, 3.63) is 29.5 Å². The highest BCUT2D eigenvalue weighted by atomic mass is 32.1. The molecule has 0 radical (unpaired) electrons. The van der Waals surface area contributed by atoms with Crippen molar-refractivity contribution in [1.29, 1.82) is 0 Å². The van der Waals surface area contributed by atoms with Crippen molar-refractivity contribution in [3.63, 3.8) is 0 Å². The summed E-state index contributed by atoms with van der Waals surface area (Å²) in [5.41, 5.74) is 0.925. The molecule has 0 bridgehead atoms. The second kappa shape index (κ2) is 7.10. The Morgan fingerprint density at radius 3 is 2.65 bits per heavy atom. The third kappa shape index (κ3) is 3.59. The van der Waals surface area contributed by atoms with E-state index in [0.29, 0.717) is 17.1 Å². The van der Waals surface area contributed by atoms with E-state index < -0.39 is 11.9 Å². The van der Waals surface area contributed by atoms with Gasteiger partial charge in [-0.1, -0.05) is 0 Å². The minimum Gasteiger partial charge on any atom is -0.497 e. The van der Waals surface area contributed by atoms with Crippen LogP contribution in [-0.2, 0) is 14.3 Å². The molecule has 1 aromatic carbocycles. The Balaban J connectivity index is 2.28. The molecule has 1 N–H and O–H groups in total. The van der Waals surface area contributed by atoms with E-state index in [9.17, 15) is 9.59 Å². The van der Waals surface area contributed by atoms with Gasteiger partial charge in [0.25, 0.3) is 5.91 Å². The van der Waals surface area contributed by atoms with Crippen LogP contribution in [0.4, 0.5) is 0 Å². The number of carbonyl (C=O) groups excluding carboxylic acids is 2. The zero-order valence-corrected chi connectivity index (χ0v) is 13.7. The lowest BCUT2D eigenvalue weighted by atomic mass is 10.1. The number of esters is 1. The summed E-state index contributed by atoms with van der Waals surface area (Å²) in [5, 5.41) is 2.94. The van der Waals surface area contributed by atoms with Gasteiger partial charge >= 0.3 is 5.97 Å². The summed E-state index contributed by atoms with van der Waals surface area (Å²) in [7, 11) is 4.32. The van der Waals surface area contributed by atoms with E-state index in [2.05, 4.69) is 10.1 Å². The first-order valence-corrected chi connectivity index (χ1v) is 7.04. The summed E-state index contributed by atoms with van der Waals surface area (Å²) in [6, 6.07) is 5.21. The van der Waals surface area contributed by atoms with Crippen LogP contribution in [-0.4, -0.2) is 49.8 Å². The van der Waals surface area contributed by atoms with Crippen LogP contribution in [0.2, 0.25) is 0 Å². The largest absolute Gasteiger partial charge is 0.497 e. The van der Waals surface area contributed by atoms with Crippen LogP contribution >= 0.6 is 12.2 Å². The van der Waals surface area contributed by atoms with Crippen LogP contribution in [0, 0.1) is 0 Å². The van der Waals surface area contributed by atoms with E-state index in [-0.39, 0.29) is 17.4 Å². The first-order chi connectivity index (χ1) is 11.0. The van der Waals surface area contributed by atoms with Crippen molar-refractivity contribution in [1.82, 2.24) is 10.2 Å². The molecule has 1 fully saturated rings. The van der Waals surface area contributed by atoms with E-state index in [1.807, 2.05) is 0 Å². The number of benzene rings is 1. The lowest BCUT2D eigenvalue weighted by molar-refractivity contribution is -0.143. The van der Waals surface area contributed by atoms with E-state index in [4.69, 9.17) is 21.7 Å². The molecule has 1 amide bonds. The van der Waals surface area contributed by atoms with Crippen LogP contribution in [0.15, 0.2) is 23.9 Å². The van der Waals surface area contributed by atoms with Crippen LogP contribution < -0.4 is 14.8 Å². The molecule has 2 rings (SSSR count). The highest BCUT2D eigenvalue weighted by molar-refractivity contribution is 7.80. The fourth-order valence-corrected chi connectivity index (χ4v) is 2.26. The van der Waals surface area contributed by atoms with E-state index in [1.54, 1.807) is 31.4 Å². The Kier molecular flexibility index (Phi) is 5.17. The van der Waals surface area contributed by atoms with Gasteiger partial charge in [0.15, 0.2) is 5.11 Å². The number of methoxy groups -OCH3 is 3. The molecular weight excluding hydrogens is 320 g/mol. The molecule has 0 saturated carbocycles. The minimum atomic E-state index is -0.550. The molecule has 1 aromatic rings. The van der Waals surface area contributed by atoms with Crippen molar-refractivity contribution in [2.24, 2.45) is 0 Å². The fraction of sp³-hybridized carbons (Fsp3) is 0.267. The molecule has 0 atom stereocenters. The number of amides is 1. The third-order valence-electron chi connectivity index (χ3n) is 3.22. The molecule has 122 valence electrons. The first kappa shape index (κ1) is 16.8. The van der Waals surface area contributed by atoms with Gasteiger partial charge in [-0.15, -0.1) is 0 Å². The number of nitrogens with one attached hydrogen (secondary N) is 1. The van der Waals surface area contributed by atoms with Crippen molar-refractivity contribution < 1.29 is 23.8 Å². The highest BCUT2D eigenvalue weighted by Gasteiger charge is 2.32. The number of carbonyl (C=O) groups is 2. The molecule has 0 spiro atoms. The lowest BCUT2D eigenvalue weighted by Gasteiger charge is -2.11. The zero-order chi connectivity index (χ0) is 17.0. The second-order valence-electron chi connectivity index (χ2n) is 4.56. The highest BCUT2D eigenvalue weighted by Crippen LogP contribution is 2.27. The molecule has 1 saturated heterocycles. The van der Waals surface area contributed by atoms with Gasteiger partial charge in [-0.25, -0.2) is 0 Å². The summed E-state index contributed by atoms with van der Waals surface area (Å²) >= 11 is 5.07. The van der Waals surface area contributed by atoms with Crippen molar-refractivity contribution in [2.75, 3.05) is 27.9 Å². The normalized spacial score (nSPS) is 15.6.